The molecule has 4 aromatic carbocycles. The Morgan fingerprint density at radius 1 is 0.660 bits per heavy atom. The van der Waals surface area contributed by atoms with Crippen LogP contribution >= 0.6 is 0 Å². The van der Waals surface area contributed by atoms with Gasteiger partial charge in [-0.3, -0.25) is 9.97 Å². The highest BCUT2D eigenvalue weighted by Crippen LogP contribution is 2.40. The van der Waals surface area contributed by atoms with E-state index >= 15 is 0 Å². The summed E-state index contributed by atoms with van der Waals surface area (Å²) in [6.45, 7) is 10.6. The van der Waals surface area contributed by atoms with E-state index in [-0.39, 0.29) is 0 Å². The van der Waals surface area contributed by atoms with E-state index in [1.807, 2.05) is 56.7 Å². The van der Waals surface area contributed by atoms with Crippen molar-refractivity contribution in [3.63, 3.8) is 0 Å². The second-order valence-corrected chi connectivity index (χ2v) is 13.3. The molecule has 0 unspecified atom stereocenters. The lowest BCUT2D eigenvalue weighted by atomic mass is 9.84. The van der Waals surface area contributed by atoms with E-state index < -0.39 is 0 Å². The molecule has 0 saturated heterocycles. The normalized spacial score (nSPS) is 13.2. The highest BCUT2D eigenvalue weighted by atomic mass is 14.7. The highest BCUT2D eigenvalue weighted by molar-refractivity contribution is 5.94. The van der Waals surface area contributed by atoms with Gasteiger partial charge in [0.1, 0.15) is 0 Å². The Bertz CT molecular complexity index is 2310. The standard InChI is InChI=1S/C49H40N2.C2H6/c1-3-35(32-48-34(2)42-19-6-4-7-22-45(42)46-23-8-5-9-24-47(46)48)36-16-14-17-37(28-36)43-20-10-11-21-44(43)40-29-39(38-18-15-26-50-33-38)30-41(31-40)49-25-12-13-27-51-49;1-2/h3,6-8,10-23,25-33H,1,4-5,9,24H2,2H3;1-2H3/b35-32+;. The predicted molar refractivity (Wildman–Crippen MR) is 229 cm³/mol. The molecule has 2 aromatic heterocycles. The van der Waals surface area contributed by atoms with Gasteiger partial charge in [-0.15, -0.1) is 0 Å². The zero-order chi connectivity index (χ0) is 36.6. The summed E-state index contributed by atoms with van der Waals surface area (Å²) in [6, 6.07) is 34.5. The van der Waals surface area contributed by atoms with E-state index in [0.717, 1.165) is 70.3 Å². The summed E-state index contributed by atoms with van der Waals surface area (Å²) in [6.07, 6.45) is 28.2. The van der Waals surface area contributed by atoms with Crippen LogP contribution in [0.5, 0.6) is 0 Å². The van der Waals surface area contributed by atoms with Gasteiger partial charge in [0.2, 0.25) is 0 Å². The van der Waals surface area contributed by atoms with Gasteiger partial charge in [0.05, 0.1) is 5.69 Å². The van der Waals surface area contributed by atoms with Crippen LogP contribution in [0, 0.1) is 6.92 Å². The van der Waals surface area contributed by atoms with Crippen molar-refractivity contribution < 1.29 is 0 Å². The van der Waals surface area contributed by atoms with Crippen LogP contribution in [0.25, 0.3) is 74.5 Å². The minimum atomic E-state index is 0.942. The molecule has 0 N–H and O–H groups in total. The number of aromatic nitrogens is 2. The predicted octanol–water partition coefficient (Wildman–Crippen LogP) is 14.0. The monoisotopic (exact) mass is 686 g/mol. The van der Waals surface area contributed by atoms with Crippen LogP contribution in [0.1, 0.15) is 72.1 Å². The van der Waals surface area contributed by atoms with E-state index in [1.165, 1.54) is 44.5 Å². The maximum Gasteiger partial charge on any atom is 0.0702 e. The molecule has 2 heteroatoms. The molecule has 0 saturated carbocycles. The number of benzene rings is 4. The minimum Gasteiger partial charge on any atom is -0.264 e. The number of hydrogen-bond donors (Lipinski definition) is 0. The molecule has 260 valence electrons. The summed E-state index contributed by atoms with van der Waals surface area (Å²) in [5.74, 6) is 0. The van der Waals surface area contributed by atoms with Gasteiger partial charge in [-0.25, -0.2) is 0 Å². The minimum absolute atomic E-state index is 0.942. The van der Waals surface area contributed by atoms with E-state index in [9.17, 15) is 0 Å². The molecule has 0 spiro atoms. The lowest BCUT2D eigenvalue weighted by Gasteiger charge is -2.20. The molecular weight excluding hydrogens is 641 g/mol. The second-order valence-electron chi connectivity index (χ2n) is 13.3. The molecule has 6 aromatic rings. The number of allylic oxidation sites excluding steroid dienone is 5. The zero-order valence-electron chi connectivity index (χ0n) is 31.0. The molecule has 0 radical (unpaired) electrons. The Labute approximate surface area is 315 Å². The summed E-state index contributed by atoms with van der Waals surface area (Å²) in [7, 11) is 0. The lowest BCUT2D eigenvalue weighted by Crippen LogP contribution is -2.03. The highest BCUT2D eigenvalue weighted by Gasteiger charge is 2.20. The van der Waals surface area contributed by atoms with Gasteiger partial charge in [-0.05, 0) is 153 Å². The van der Waals surface area contributed by atoms with Crippen molar-refractivity contribution in [2.45, 2.75) is 46.5 Å². The second kappa shape index (κ2) is 16.5. The van der Waals surface area contributed by atoms with Gasteiger partial charge in [0.25, 0.3) is 0 Å². The van der Waals surface area contributed by atoms with Gasteiger partial charge in [-0.2, -0.15) is 0 Å². The average Bonchev–Trinajstić information content (AvgIpc) is 3.64. The van der Waals surface area contributed by atoms with Gasteiger partial charge >= 0.3 is 0 Å². The van der Waals surface area contributed by atoms with Crippen molar-refractivity contribution in [2.75, 3.05) is 0 Å². The molecular formula is C51H46N2. The fourth-order valence-electron chi connectivity index (χ4n) is 7.56. The van der Waals surface area contributed by atoms with Crippen molar-refractivity contribution in [2.24, 2.45) is 0 Å². The molecule has 0 aliphatic heterocycles. The molecule has 2 nitrogen and oxygen atoms in total. The zero-order valence-corrected chi connectivity index (χ0v) is 31.0. The Kier molecular flexibility index (Phi) is 11.0. The fourth-order valence-corrected chi connectivity index (χ4v) is 7.56. The van der Waals surface area contributed by atoms with Gasteiger partial charge in [-0.1, -0.05) is 118 Å². The van der Waals surface area contributed by atoms with Crippen LogP contribution in [0.2, 0.25) is 0 Å². The SMILES string of the molecule is C=C/C(=C\c1c(C)c2c(c3c1CCCC=C3)C=CCC=C2)c1cccc(-c2ccccc2-c2cc(-c3cccnc3)cc(-c3ccccn3)c2)c1.CC. The third kappa shape index (κ3) is 7.45. The number of hydrogen-bond acceptors (Lipinski definition) is 2. The summed E-state index contributed by atoms with van der Waals surface area (Å²) in [4.78, 5) is 9.11. The molecule has 2 heterocycles. The molecule has 8 rings (SSSR count). The summed E-state index contributed by atoms with van der Waals surface area (Å²) < 4.78 is 0. The average molecular weight is 687 g/mol. The third-order valence-corrected chi connectivity index (χ3v) is 10.1. The quantitative estimate of drug-likeness (QED) is 0.123. The fraction of sp³-hybridized carbons (Fsp3) is 0.137. The Morgan fingerprint density at radius 3 is 2.17 bits per heavy atom. The van der Waals surface area contributed by atoms with Crippen LogP contribution in [0.4, 0.5) is 0 Å². The van der Waals surface area contributed by atoms with Gasteiger partial charge < -0.3 is 0 Å². The van der Waals surface area contributed by atoms with Crippen LogP contribution in [-0.4, -0.2) is 9.97 Å². The lowest BCUT2D eigenvalue weighted by molar-refractivity contribution is 0.849. The summed E-state index contributed by atoms with van der Waals surface area (Å²) >= 11 is 0. The maximum absolute atomic E-state index is 4.70. The number of fused-ring (bicyclic) bond motifs is 3. The van der Waals surface area contributed by atoms with E-state index in [0.29, 0.717) is 0 Å². The molecule has 2 aliphatic rings. The van der Waals surface area contributed by atoms with Crippen molar-refractivity contribution in [3.05, 3.63) is 185 Å². The number of rotatable bonds is 7. The van der Waals surface area contributed by atoms with Crippen molar-refractivity contribution >= 4 is 29.9 Å². The van der Waals surface area contributed by atoms with Crippen LogP contribution in [0.3, 0.4) is 0 Å². The molecule has 0 bridgehead atoms. The number of pyridine rings is 2. The first kappa shape index (κ1) is 35.3. The van der Waals surface area contributed by atoms with E-state index in [4.69, 9.17) is 4.98 Å². The third-order valence-electron chi connectivity index (χ3n) is 10.1. The molecule has 0 atom stereocenters. The van der Waals surface area contributed by atoms with Crippen molar-refractivity contribution in [3.8, 4) is 44.6 Å². The first-order chi connectivity index (χ1) is 26.2. The molecule has 0 amide bonds. The topological polar surface area (TPSA) is 25.8 Å². The summed E-state index contributed by atoms with van der Waals surface area (Å²) in [5, 5.41) is 0. The Balaban J connectivity index is 0.00000214. The van der Waals surface area contributed by atoms with E-state index in [1.54, 1.807) is 0 Å². The summed E-state index contributed by atoms with van der Waals surface area (Å²) in [5.41, 5.74) is 19.3. The Morgan fingerprint density at radius 2 is 1.40 bits per heavy atom. The first-order valence-corrected chi connectivity index (χ1v) is 18.9. The molecule has 0 fully saturated rings. The van der Waals surface area contributed by atoms with Crippen molar-refractivity contribution in [1.29, 1.82) is 0 Å². The Hall–Kier alpha value is -6.12. The van der Waals surface area contributed by atoms with Gasteiger partial charge in [0, 0.05) is 29.7 Å². The van der Waals surface area contributed by atoms with E-state index in [2.05, 4.69) is 140 Å². The largest absolute Gasteiger partial charge is 0.264 e. The van der Waals surface area contributed by atoms with Crippen LogP contribution in [0.15, 0.2) is 147 Å². The van der Waals surface area contributed by atoms with Gasteiger partial charge in [0.15, 0.2) is 0 Å². The smallest absolute Gasteiger partial charge is 0.0702 e. The molecule has 53 heavy (non-hydrogen) atoms. The maximum atomic E-state index is 4.70. The van der Waals surface area contributed by atoms with Crippen molar-refractivity contribution in [1.82, 2.24) is 9.97 Å². The first-order valence-electron chi connectivity index (χ1n) is 18.9. The van der Waals surface area contributed by atoms with Crippen LogP contribution < -0.4 is 0 Å². The van der Waals surface area contributed by atoms with Crippen LogP contribution in [-0.2, 0) is 6.42 Å². The molecule has 2 aliphatic carbocycles. The number of nitrogens with zero attached hydrogens (tertiary/aromatic N) is 2.